The van der Waals surface area contributed by atoms with Gasteiger partial charge in [-0.1, -0.05) is 85.8 Å². The summed E-state index contributed by atoms with van der Waals surface area (Å²) in [6, 6.07) is 31.5. The van der Waals surface area contributed by atoms with Crippen LogP contribution in [0.4, 0.5) is 5.69 Å². The van der Waals surface area contributed by atoms with Crippen LogP contribution >= 0.6 is 0 Å². The Morgan fingerprint density at radius 3 is 1.64 bits per heavy atom. The quantitative estimate of drug-likeness (QED) is 0.416. The molecule has 2 nitrogen and oxygen atoms in total. The molecule has 0 saturated heterocycles. The van der Waals surface area contributed by atoms with Crippen molar-refractivity contribution in [1.29, 1.82) is 0 Å². The third-order valence-electron chi connectivity index (χ3n) is 4.33. The first kappa shape index (κ1) is 17.0. The van der Waals surface area contributed by atoms with E-state index in [1.54, 1.807) is 0 Å². The van der Waals surface area contributed by atoms with Crippen molar-refractivity contribution in [1.82, 2.24) is 0 Å². The first-order valence-electron chi connectivity index (χ1n) is 8.83. The number of rotatable bonds is 6. The minimum absolute atomic E-state index is 0.310. The monoisotopic (exact) mass is 328 g/mol. The van der Waals surface area contributed by atoms with Crippen molar-refractivity contribution in [3.8, 4) is 0 Å². The van der Waals surface area contributed by atoms with Crippen LogP contribution in [-0.2, 0) is 0 Å². The molecule has 0 heterocycles. The molecular weight excluding hydrogens is 304 g/mol. The number of hydrogen-bond donors (Lipinski definition) is 0. The van der Waals surface area contributed by atoms with E-state index < -0.39 is 0 Å². The van der Waals surface area contributed by atoms with Crippen molar-refractivity contribution in [2.24, 2.45) is 5.10 Å². The highest BCUT2D eigenvalue weighted by molar-refractivity contribution is 6.13. The van der Waals surface area contributed by atoms with E-state index in [-0.39, 0.29) is 0 Å². The van der Waals surface area contributed by atoms with Crippen LogP contribution in [0, 0.1) is 0 Å². The summed E-state index contributed by atoms with van der Waals surface area (Å²) < 4.78 is 0. The smallest absolute Gasteiger partial charge is 0.0980 e. The fourth-order valence-electron chi connectivity index (χ4n) is 2.75. The molecule has 1 atom stereocenters. The summed E-state index contributed by atoms with van der Waals surface area (Å²) in [6.07, 6.45) is 1.02. The number of hydrogen-bond acceptors (Lipinski definition) is 2. The molecule has 3 rings (SSSR count). The lowest BCUT2D eigenvalue weighted by molar-refractivity contribution is 0.635. The Bertz CT molecular complexity index is 754. The molecule has 0 saturated carbocycles. The van der Waals surface area contributed by atoms with Crippen molar-refractivity contribution in [2.45, 2.75) is 26.3 Å². The lowest BCUT2D eigenvalue weighted by atomic mass is 10.0. The predicted octanol–water partition coefficient (Wildman–Crippen LogP) is 5.74. The zero-order valence-electron chi connectivity index (χ0n) is 14.8. The second-order valence-corrected chi connectivity index (χ2v) is 6.12. The zero-order valence-corrected chi connectivity index (χ0v) is 14.8. The van der Waals surface area contributed by atoms with Crippen LogP contribution in [0.15, 0.2) is 96.1 Å². The van der Waals surface area contributed by atoms with E-state index >= 15 is 0 Å². The van der Waals surface area contributed by atoms with Crippen LogP contribution < -0.4 is 5.01 Å². The van der Waals surface area contributed by atoms with Crippen LogP contribution in [-0.4, -0.2) is 11.8 Å². The zero-order chi connectivity index (χ0) is 17.5. The molecule has 3 aromatic rings. The Morgan fingerprint density at radius 2 is 1.20 bits per heavy atom. The summed E-state index contributed by atoms with van der Waals surface area (Å²) in [5.41, 5.74) is 4.35. The molecule has 0 spiro atoms. The largest absolute Gasteiger partial charge is 0.262 e. The summed E-state index contributed by atoms with van der Waals surface area (Å²) in [4.78, 5) is 0. The van der Waals surface area contributed by atoms with Crippen molar-refractivity contribution < 1.29 is 0 Å². The van der Waals surface area contributed by atoms with Gasteiger partial charge in [0.2, 0.25) is 0 Å². The standard InChI is InChI=1S/C23H24N2/c1-3-19(2)25(22-17-11-6-12-18-22)24-23(20-13-7-4-8-14-20)21-15-9-5-10-16-21/h4-19H,3H2,1-2H3. The molecule has 0 radical (unpaired) electrons. The molecule has 0 bridgehead atoms. The third kappa shape index (κ3) is 4.16. The van der Waals surface area contributed by atoms with Crippen molar-refractivity contribution in [2.75, 3.05) is 5.01 Å². The van der Waals surface area contributed by atoms with E-state index in [1.165, 1.54) is 0 Å². The van der Waals surface area contributed by atoms with Crippen molar-refractivity contribution in [3.05, 3.63) is 102 Å². The fraction of sp³-hybridized carbons (Fsp3) is 0.174. The maximum absolute atomic E-state index is 5.11. The molecule has 0 aromatic heterocycles. The van der Waals surface area contributed by atoms with Crippen LogP contribution in [0.25, 0.3) is 0 Å². The van der Waals surface area contributed by atoms with Gasteiger partial charge in [-0.15, -0.1) is 0 Å². The summed E-state index contributed by atoms with van der Waals surface area (Å²) in [5, 5.41) is 7.24. The minimum Gasteiger partial charge on any atom is -0.262 e. The van der Waals surface area contributed by atoms with Gasteiger partial charge < -0.3 is 0 Å². The Hall–Kier alpha value is -2.87. The van der Waals surface area contributed by atoms with E-state index in [0.717, 1.165) is 28.9 Å². The van der Waals surface area contributed by atoms with E-state index in [0.29, 0.717) is 6.04 Å². The van der Waals surface area contributed by atoms with Crippen molar-refractivity contribution >= 4 is 11.4 Å². The van der Waals surface area contributed by atoms with Gasteiger partial charge in [0.05, 0.1) is 11.4 Å². The topological polar surface area (TPSA) is 15.6 Å². The normalized spacial score (nSPS) is 11.6. The highest BCUT2D eigenvalue weighted by Gasteiger charge is 2.15. The average molecular weight is 328 g/mol. The van der Waals surface area contributed by atoms with E-state index in [4.69, 9.17) is 5.10 Å². The molecule has 0 fully saturated rings. The predicted molar refractivity (Wildman–Crippen MR) is 107 cm³/mol. The molecule has 2 heteroatoms. The average Bonchev–Trinajstić information content (AvgIpc) is 2.70. The van der Waals surface area contributed by atoms with Crippen LogP contribution in [0.2, 0.25) is 0 Å². The maximum atomic E-state index is 5.11. The molecule has 0 aliphatic rings. The van der Waals surface area contributed by atoms with E-state index in [2.05, 4.69) is 91.7 Å². The van der Waals surface area contributed by atoms with Gasteiger partial charge in [0, 0.05) is 17.2 Å². The summed E-state index contributed by atoms with van der Waals surface area (Å²) in [6.45, 7) is 4.41. The van der Waals surface area contributed by atoms with Crippen LogP contribution in [0.3, 0.4) is 0 Å². The number of para-hydroxylation sites is 1. The van der Waals surface area contributed by atoms with Crippen LogP contribution in [0.1, 0.15) is 31.4 Å². The molecule has 1 unspecified atom stereocenters. The number of hydrazone groups is 1. The van der Waals surface area contributed by atoms with E-state index in [9.17, 15) is 0 Å². The highest BCUT2D eigenvalue weighted by atomic mass is 15.5. The number of anilines is 1. The number of benzene rings is 3. The van der Waals surface area contributed by atoms with Gasteiger partial charge in [0.25, 0.3) is 0 Å². The van der Waals surface area contributed by atoms with Gasteiger partial charge in [-0.05, 0) is 25.5 Å². The van der Waals surface area contributed by atoms with Gasteiger partial charge in [0.15, 0.2) is 0 Å². The fourth-order valence-corrected chi connectivity index (χ4v) is 2.75. The molecule has 0 N–H and O–H groups in total. The van der Waals surface area contributed by atoms with Gasteiger partial charge in [-0.2, -0.15) is 5.10 Å². The summed E-state index contributed by atoms with van der Waals surface area (Å²) in [7, 11) is 0. The SMILES string of the molecule is CCC(C)N(N=C(c1ccccc1)c1ccccc1)c1ccccc1. The van der Waals surface area contributed by atoms with Crippen molar-refractivity contribution in [3.63, 3.8) is 0 Å². The lowest BCUT2D eigenvalue weighted by Crippen LogP contribution is -2.29. The molecule has 0 aliphatic heterocycles. The first-order valence-corrected chi connectivity index (χ1v) is 8.83. The Labute approximate surface area is 150 Å². The second-order valence-electron chi connectivity index (χ2n) is 6.12. The van der Waals surface area contributed by atoms with Crippen LogP contribution in [0.5, 0.6) is 0 Å². The van der Waals surface area contributed by atoms with Gasteiger partial charge in [-0.3, -0.25) is 5.01 Å². The third-order valence-corrected chi connectivity index (χ3v) is 4.33. The first-order chi connectivity index (χ1) is 12.3. The van der Waals surface area contributed by atoms with Gasteiger partial charge >= 0.3 is 0 Å². The maximum Gasteiger partial charge on any atom is 0.0980 e. The summed E-state index contributed by atoms with van der Waals surface area (Å²) in [5.74, 6) is 0. The minimum atomic E-state index is 0.310. The molecule has 0 aliphatic carbocycles. The second kappa shape index (κ2) is 8.29. The lowest BCUT2D eigenvalue weighted by Gasteiger charge is -2.27. The summed E-state index contributed by atoms with van der Waals surface area (Å²) >= 11 is 0. The highest BCUT2D eigenvalue weighted by Crippen LogP contribution is 2.21. The van der Waals surface area contributed by atoms with Gasteiger partial charge in [0.1, 0.15) is 0 Å². The number of nitrogens with zero attached hydrogens (tertiary/aromatic N) is 2. The Morgan fingerprint density at radius 1 is 0.760 bits per heavy atom. The molecule has 126 valence electrons. The molecular formula is C23H24N2. The molecule has 25 heavy (non-hydrogen) atoms. The Balaban J connectivity index is 2.12. The molecule has 3 aromatic carbocycles. The van der Waals surface area contributed by atoms with E-state index in [1.807, 2.05) is 18.2 Å². The van der Waals surface area contributed by atoms with Gasteiger partial charge in [-0.25, -0.2) is 0 Å². The Kier molecular flexibility index (Phi) is 5.63. The molecule has 0 amide bonds.